The fraction of sp³-hybridized carbons (Fsp3) is 0.833. The number of amides is 2. The lowest BCUT2D eigenvalue weighted by atomic mass is 10.1. The van der Waals surface area contributed by atoms with Crippen LogP contribution in [0.5, 0.6) is 0 Å². The Bertz CT molecular complexity index is 253. The summed E-state index contributed by atoms with van der Waals surface area (Å²) in [6, 6.07) is 0. The van der Waals surface area contributed by atoms with E-state index in [9.17, 15) is 9.59 Å². The third-order valence-corrected chi connectivity index (χ3v) is 3.02. The molecule has 1 rings (SSSR count). The quantitative estimate of drug-likeness (QED) is 0.708. The Labute approximate surface area is 97.6 Å². The average Bonchev–Trinajstić information content (AvgIpc) is 2.28. The molecule has 0 unspecified atom stereocenters. The van der Waals surface area contributed by atoms with Gasteiger partial charge in [0.15, 0.2) is 0 Å². The Kier molecular flexibility index (Phi) is 5.29. The molecule has 0 aromatic carbocycles. The predicted octanol–water partition coefficient (Wildman–Crippen LogP) is 1.26. The van der Waals surface area contributed by atoms with Gasteiger partial charge < -0.3 is 9.80 Å². The maximum absolute atomic E-state index is 11.8. The average molecular weight is 226 g/mol. The first-order valence-electron chi connectivity index (χ1n) is 6.17. The van der Waals surface area contributed by atoms with Crippen LogP contribution in [0.4, 0.5) is 0 Å². The maximum atomic E-state index is 11.8. The van der Waals surface area contributed by atoms with E-state index >= 15 is 0 Å². The van der Waals surface area contributed by atoms with Crippen molar-refractivity contribution in [1.82, 2.24) is 9.80 Å². The molecule has 2 amide bonds. The van der Waals surface area contributed by atoms with Gasteiger partial charge in [-0.05, 0) is 19.3 Å². The van der Waals surface area contributed by atoms with Crippen molar-refractivity contribution in [3.63, 3.8) is 0 Å². The first-order valence-corrected chi connectivity index (χ1v) is 6.17. The van der Waals surface area contributed by atoms with Crippen LogP contribution in [0.15, 0.2) is 0 Å². The number of likely N-dealkylation sites (N-methyl/N-ethyl adjacent to an activating group) is 1. The van der Waals surface area contributed by atoms with Crippen LogP contribution >= 0.6 is 0 Å². The van der Waals surface area contributed by atoms with Gasteiger partial charge in [-0.25, -0.2) is 0 Å². The molecule has 0 bridgehead atoms. The van der Waals surface area contributed by atoms with Crippen molar-refractivity contribution in [2.24, 2.45) is 0 Å². The van der Waals surface area contributed by atoms with Gasteiger partial charge in [0, 0.05) is 26.6 Å². The van der Waals surface area contributed by atoms with Crippen molar-refractivity contribution in [2.75, 3.05) is 26.7 Å². The van der Waals surface area contributed by atoms with Crippen LogP contribution in [0.1, 0.15) is 39.0 Å². The number of hydrogen-bond donors (Lipinski definition) is 0. The molecule has 0 aromatic heterocycles. The number of likely N-dealkylation sites (tertiary alicyclic amines) is 1. The highest BCUT2D eigenvalue weighted by Gasteiger charge is 2.21. The van der Waals surface area contributed by atoms with Crippen LogP contribution < -0.4 is 0 Å². The fourth-order valence-corrected chi connectivity index (χ4v) is 1.83. The van der Waals surface area contributed by atoms with Gasteiger partial charge >= 0.3 is 0 Å². The molecule has 0 spiro atoms. The minimum atomic E-state index is 0.0590. The van der Waals surface area contributed by atoms with Crippen LogP contribution in [0.2, 0.25) is 0 Å². The topological polar surface area (TPSA) is 40.6 Å². The van der Waals surface area contributed by atoms with Crippen molar-refractivity contribution in [2.45, 2.75) is 39.0 Å². The van der Waals surface area contributed by atoms with E-state index in [0.717, 1.165) is 38.8 Å². The normalized spacial score (nSPS) is 16.4. The van der Waals surface area contributed by atoms with Crippen molar-refractivity contribution in [1.29, 1.82) is 0 Å². The molecule has 1 aliphatic heterocycles. The van der Waals surface area contributed by atoms with E-state index in [1.54, 1.807) is 9.80 Å². The van der Waals surface area contributed by atoms with Crippen LogP contribution in [-0.2, 0) is 9.59 Å². The predicted molar refractivity (Wildman–Crippen MR) is 63.0 cm³/mol. The fourth-order valence-electron chi connectivity index (χ4n) is 1.83. The van der Waals surface area contributed by atoms with E-state index in [1.807, 2.05) is 7.05 Å². The number of carbonyl (C=O) groups excluding carboxylic acids is 2. The molecule has 4 nitrogen and oxygen atoms in total. The largest absolute Gasteiger partial charge is 0.344 e. The second-order valence-corrected chi connectivity index (χ2v) is 4.44. The minimum absolute atomic E-state index is 0.0590. The molecule has 92 valence electrons. The third kappa shape index (κ3) is 3.83. The summed E-state index contributed by atoms with van der Waals surface area (Å²) < 4.78 is 0. The van der Waals surface area contributed by atoms with Gasteiger partial charge in [-0.2, -0.15) is 0 Å². The Morgan fingerprint density at radius 3 is 2.81 bits per heavy atom. The highest BCUT2D eigenvalue weighted by molar-refractivity contribution is 5.85. The zero-order valence-electron chi connectivity index (χ0n) is 10.4. The van der Waals surface area contributed by atoms with Gasteiger partial charge in [-0.1, -0.05) is 13.3 Å². The highest BCUT2D eigenvalue weighted by Crippen LogP contribution is 2.10. The molecule has 1 saturated heterocycles. The van der Waals surface area contributed by atoms with Gasteiger partial charge in [-0.3, -0.25) is 9.59 Å². The highest BCUT2D eigenvalue weighted by atomic mass is 16.2. The van der Waals surface area contributed by atoms with Gasteiger partial charge in [-0.15, -0.1) is 0 Å². The summed E-state index contributed by atoms with van der Waals surface area (Å²) in [6.45, 7) is 3.90. The molecule has 0 aromatic rings. The summed E-state index contributed by atoms with van der Waals surface area (Å²) >= 11 is 0. The SMILES string of the molecule is CCCCN(C)C(=O)CN1CCCCC1=O. The first kappa shape index (κ1) is 13.0. The molecule has 4 heteroatoms. The Balaban J connectivity index is 2.34. The lowest BCUT2D eigenvalue weighted by molar-refractivity contribution is -0.141. The number of nitrogens with zero attached hydrogens (tertiary/aromatic N) is 2. The number of rotatable bonds is 5. The van der Waals surface area contributed by atoms with Gasteiger partial charge in [0.1, 0.15) is 0 Å². The van der Waals surface area contributed by atoms with E-state index in [-0.39, 0.29) is 18.4 Å². The summed E-state index contributed by atoms with van der Waals surface area (Å²) in [6.07, 6.45) is 4.70. The first-order chi connectivity index (χ1) is 7.65. The molecule has 16 heavy (non-hydrogen) atoms. The van der Waals surface area contributed by atoms with E-state index in [2.05, 4.69) is 6.92 Å². The van der Waals surface area contributed by atoms with Gasteiger partial charge in [0.2, 0.25) is 11.8 Å². The van der Waals surface area contributed by atoms with Crippen molar-refractivity contribution >= 4 is 11.8 Å². The van der Waals surface area contributed by atoms with Crippen LogP contribution in [0, 0.1) is 0 Å². The molecule has 0 atom stereocenters. The summed E-state index contributed by atoms with van der Waals surface area (Å²) in [5.41, 5.74) is 0. The van der Waals surface area contributed by atoms with Gasteiger partial charge in [0.25, 0.3) is 0 Å². The standard InChI is InChI=1S/C12H22N2O2/c1-3-4-8-13(2)12(16)10-14-9-6-5-7-11(14)15/h3-10H2,1-2H3. The smallest absolute Gasteiger partial charge is 0.241 e. The van der Waals surface area contributed by atoms with Crippen molar-refractivity contribution < 1.29 is 9.59 Å². The van der Waals surface area contributed by atoms with E-state index in [4.69, 9.17) is 0 Å². The summed E-state index contributed by atoms with van der Waals surface area (Å²) in [4.78, 5) is 26.7. The number of carbonyl (C=O) groups is 2. The molecule has 0 aliphatic carbocycles. The molecule has 0 radical (unpaired) electrons. The second-order valence-electron chi connectivity index (χ2n) is 4.44. The van der Waals surface area contributed by atoms with Crippen LogP contribution in [0.3, 0.4) is 0 Å². The Morgan fingerprint density at radius 2 is 2.19 bits per heavy atom. The molecular formula is C12H22N2O2. The van der Waals surface area contributed by atoms with Crippen LogP contribution in [0.25, 0.3) is 0 Å². The Morgan fingerprint density at radius 1 is 1.44 bits per heavy atom. The van der Waals surface area contributed by atoms with Crippen molar-refractivity contribution in [3.8, 4) is 0 Å². The zero-order valence-corrected chi connectivity index (χ0v) is 10.4. The lowest BCUT2D eigenvalue weighted by Crippen LogP contribution is -2.43. The molecule has 0 N–H and O–H groups in total. The molecule has 1 aliphatic rings. The number of piperidine rings is 1. The van der Waals surface area contributed by atoms with Crippen LogP contribution in [-0.4, -0.2) is 48.3 Å². The maximum Gasteiger partial charge on any atom is 0.241 e. The third-order valence-electron chi connectivity index (χ3n) is 3.02. The zero-order chi connectivity index (χ0) is 12.0. The summed E-state index contributed by atoms with van der Waals surface area (Å²) in [5.74, 6) is 0.187. The molecule has 0 saturated carbocycles. The Hall–Kier alpha value is -1.06. The lowest BCUT2D eigenvalue weighted by Gasteiger charge is -2.28. The molecule has 1 heterocycles. The summed E-state index contributed by atoms with van der Waals surface area (Å²) in [5, 5.41) is 0. The van der Waals surface area contributed by atoms with Crippen molar-refractivity contribution in [3.05, 3.63) is 0 Å². The van der Waals surface area contributed by atoms with E-state index in [0.29, 0.717) is 6.42 Å². The van der Waals surface area contributed by atoms with E-state index in [1.165, 1.54) is 0 Å². The monoisotopic (exact) mass is 226 g/mol. The second kappa shape index (κ2) is 6.51. The molecular weight excluding hydrogens is 204 g/mol. The number of hydrogen-bond acceptors (Lipinski definition) is 2. The molecule has 1 fully saturated rings. The minimum Gasteiger partial charge on any atom is -0.344 e. The van der Waals surface area contributed by atoms with E-state index < -0.39 is 0 Å². The van der Waals surface area contributed by atoms with Gasteiger partial charge in [0.05, 0.1) is 6.54 Å². The number of unbranched alkanes of at least 4 members (excludes halogenated alkanes) is 1. The summed E-state index contributed by atoms with van der Waals surface area (Å²) in [7, 11) is 1.81.